The number of benzene rings is 1. The van der Waals surface area contributed by atoms with Crippen LogP contribution in [-0.2, 0) is 6.42 Å². The zero-order valence-electron chi connectivity index (χ0n) is 17.2. The van der Waals surface area contributed by atoms with Gasteiger partial charge in [0, 0.05) is 24.9 Å². The van der Waals surface area contributed by atoms with E-state index in [4.69, 9.17) is 8.83 Å². The lowest BCUT2D eigenvalue weighted by Gasteiger charge is -2.32. The molecule has 4 aromatic heterocycles. The van der Waals surface area contributed by atoms with Crippen LogP contribution in [0.25, 0.3) is 22.6 Å². The van der Waals surface area contributed by atoms with Crippen LogP contribution in [0.15, 0.2) is 51.7 Å². The minimum Gasteiger partial charge on any atom is -0.458 e. The van der Waals surface area contributed by atoms with Gasteiger partial charge in [-0.15, -0.1) is 10.2 Å². The third-order valence-electron chi connectivity index (χ3n) is 5.62. The summed E-state index contributed by atoms with van der Waals surface area (Å²) >= 11 is 0. The van der Waals surface area contributed by atoms with Crippen LogP contribution in [0, 0.1) is 5.82 Å². The highest BCUT2D eigenvalue weighted by molar-refractivity contribution is 5.90. The normalized spacial score (nSPS) is 15.9. The maximum absolute atomic E-state index is 14.3. The van der Waals surface area contributed by atoms with Gasteiger partial charge in [0.15, 0.2) is 0 Å². The molecule has 5 heterocycles. The molecule has 1 aromatic carbocycles. The number of carbonyl (C=O) groups excluding carboxylic acids is 1. The SMILES string of the molecule is O=C(c1nnc(-c2ccn(C(F)F)n2)o1)N1CCc2[nH]cnc2[C@H]1c1cc2c(F)cccc2o1. The fourth-order valence-corrected chi connectivity index (χ4v) is 4.06. The summed E-state index contributed by atoms with van der Waals surface area (Å²) in [5.74, 6) is -1.28. The van der Waals surface area contributed by atoms with E-state index in [2.05, 4.69) is 25.3 Å². The van der Waals surface area contributed by atoms with Gasteiger partial charge in [-0.1, -0.05) is 6.07 Å². The molecule has 0 unspecified atom stereocenters. The number of nitrogens with zero attached hydrogens (tertiary/aromatic N) is 6. The fourth-order valence-electron chi connectivity index (χ4n) is 4.06. The van der Waals surface area contributed by atoms with Crippen LogP contribution in [-0.4, -0.2) is 47.3 Å². The molecule has 1 aliphatic heterocycles. The first-order valence-electron chi connectivity index (χ1n) is 10.2. The lowest BCUT2D eigenvalue weighted by atomic mass is 10.00. The summed E-state index contributed by atoms with van der Waals surface area (Å²) in [7, 11) is 0. The monoisotopic (exact) mass is 469 g/mol. The molecule has 1 aliphatic rings. The van der Waals surface area contributed by atoms with Gasteiger partial charge < -0.3 is 18.7 Å². The number of aromatic nitrogens is 6. The number of halogens is 3. The van der Waals surface area contributed by atoms with Crippen molar-refractivity contribution in [2.45, 2.75) is 19.0 Å². The summed E-state index contributed by atoms with van der Waals surface area (Å²) < 4.78 is 51.7. The van der Waals surface area contributed by atoms with Crippen LogP contribution in [0.2, 0.25) is 0 Å². The number of carbonyl (C=O) groups is 1. The second-order valence-corrected chi connectivity index (χ2v) is 7.59. The number of furan rings is 1. The zero-order chi connectivity index (χ0) is 23.4. The van der Waals surface area contributed by atoms with Crippen LogP contribution >= 0.6 is 0 Å². The summed E-state index contributed by atoms with van der Waals surface area (Å²) in [6.07, 6.45) is 3.05. The Labute approximate surface area is 188 Å². The number of imidazole rings is 1. The van der Waals surface area contributed by atoms with Crippen molar-refractivity contribution in [2.75, 3.05) is 6.54 Å². The molecule has 13 heteroatoms. The predicted octanol–water partition coefficient (Wildman–Crippen LogP) is 3.72. The molecular formula is C21H14F3N7O3. The minimum absolute atomic E-state index is 0.00407. The maximum atomic E-state index is 14.3. The second-order valence-electron chi connectivity index (χ2n) is 7.59. The molecule has 6 rings (SSSR count). The first-order chi connectivity index (χ1) is 16.5. The number of fused-ring (bicyclic) bond motifs is 2. The quantitative estimate of drug-likeness (QED) is 0.426. The number of H-pyrrole nitrogens is 1. The second kappa shape index (κ2) is 7.57. The standard InChI is InChI=1S/C21H14F3N7O3/c22-11-2-1-3-14-10(11)8-15(33-14)17-16-12(25-9-26-16)4-6-30(17)20(32)19-28-27-18(34-19)13-5-7-31(29-13)21(23)24/h1-3,5,7-9,17,21H,4,6H2,(H,25,26)/t17-/m1/s1. The molecule has 0 spiro atoms. The number of rotatable bonds is 4. The van der Waals surface area contributed by atoms with Crippen molar-refractivity contribution in [3.8, 4) is 11.6 Å². The highest BCUT2D eigenvalue weighted by Gasteiger charge is 2.39. The highest BCUT2D eigenvalue weighted by atomic mass is 19.3. The minimum atomic E-state index is -2.83. The molecule has 34 heavy (non-hydrogen) atoms. The molecule has 1 atom stereocenters. The Hall–Kier alpha value is -4.42. The first kappa shape index (κ1) is 20.2. The molecule has 0 saturated carbocycles. The summed E-state index contributed by atoms with van der Waals surface area (Å²) in [4.78, 5) is 22.2. The molecular weight excluding hydrogens is 455 g/mol. The molecule has 172 valence electrons. The maximum Gasteiger partial charge on any atom is 0.333 e. The van der Waals surface area contributed by atoms with Gasteiger partial charge in [0.05, 0.1) is 17.4 Å². The lowest BCUT2D eigenvalue weighted by molar-refractivity contribution is 0.0566. The number of amides is 1. The van der Waals surface area contributed by atoms with Crippen molar-refractivity contribution in [3.63, 3.8) is 0 Å². The number of nitrogens with one attached hydrogen (secondary N) is 1. The van der Waals surface area contributed by atoms with Gasteiger partial charge in [-0.2, -0.15) is 13.9 Å². The number of hydrogen-bond acceptors (Lipinski definition) is 7. The summed E-state index contributed by atoms with van der Waals surface area (Å²) in [5, 5.41) is 11.5. The summed E-state index contributed by atoms with van der Waals surface area (Å²) in [6, 6.07) is 6.52. The van der Waals surface area contributed by atoms with Gasteiger partial charge in [-0.3, -0.25) is 4.79 Å². The van der Waals surface area contributed by atoms with E-state index in [1.807, 2.05) is 0 Å². The largest absolute Gasteiger partial charge is 0.458 e. The molecule has 0 bridgehead atoms. The first-order valence-corrected chi connectivity index (χ1v) is 10.2. The average Bonchev–Trinajstić information content (AvgIpc) is 3.62. The zero-order valence-corrected chi connectivity index (χ0v) is 17.2. The van der Waals surface area contributed by atoms with Gasteiger partial charge in [0.1, 0.15) is 28.9 Å². The summed E-state index contributed by atoms with van der Waals surface area (Å²) in [5.41, 5.74) is 1.71. The Morgan fingerprint density at radius 2 is 2.09 bits per heavy atom. The van der Waals surface area contributed by atoms with Gasteiger partial charge >= 0.3 is 18.3 Å². The molecule has 0 saturated heterocycles. The summed E-state index contributed by atoms with van der Waals surface area (Å²) in [6.45, 7) is -2.57. The van der Waals surface area contributed by atoms with Crippen molar-refractivity contribution < 1.29 is 26.8 Å². The van der Waals surface area contributed by atoms with Gasteiger partial charge in [-0.25, -0.2) is 14.1 Å². The van der Waals surface area contributed by atoms with E-state index < -0.39 is 24.3 Å². The van der Waals surface area contributed by atoms with Crippen LogP contribution in [0.3, 0.4) is 0 Å². The van der Waals surface area contributed by atoms with Crippen LogP contribution < -0.4 is 0 Å². The Morgan fingerprint density at radius 1 is 1.21 bits per heavy atom. The van der Waals surface area contributed by atoms with Crippen molar-refractivity contribution in [1.29, 1.82) is 0 Å². The topological polar surface area (TPSA) is 119 Å². The van der Waals surface area contributed by atoms with Crippen molar-refractivity contribution in [1.82, 2.24) is 34.8 Å². The third kappa shape index (κ3) is 3.16. The van der Waals surface area contributed by atoms with Crippen LogP contribution in [0.1, 0.15) is 40.4 Å². The van der Waals surface area contributed by atoms with Gasteiger partial charge in [0.25, 0.3) is 5.89 Å². The number of hydrogen-bond donors (Lipinski definition) is 1. The molecule has 5 aromatic rings. The molecule has 1 amide bonds. The Kier molecular flexibility index (Phi) is 4.50. The van der Waals surface area contributed by atoms with E-state index in [1.165, 1.54) is 35.5 Å². The van der Waals surface area contributed by atoms with E-state index in [1.54, 1.807) is 6.07 Å². The smallest absolute Gasteiger partial charge is 0.333 e. The van der Waals surface area contributed by atoms with E-state index in [-0.39, 0.29) is 29.4 Å². The molecule has 0 aliphatic carbocycles. The van der Waals surface area contributed by atoms with Crippen molar-refractivity contribution >= 4 is 16.9 Å². The Bertz CT molecular complexity index is 1520. The van der Waals surface area contributed by atoms with E-state index in [9.17, 15) is 18.0 Å². The van der Waals surface area contributed by atoms with E-state index in [0.717, 1.165) is 11.9 Å². The molecule has 0 radical (unpaired) electrons. The average molecular weight is 469 g/mol. The van der Waals surface area contributed by atoms with Crippen LogP contribution in [0.4, 0.5) is 13.2 Å². The molecule has 10 nitrogen and oxygen atoms in total. The molecule has 1 N–H and O–H groups in total. The van der Waals surface area contributed by atoms with E-state index >= 15 is 0 Å². The Balaban J connectivity index is 1.37. The van der Waals surface area contributed by atoms with E-state index in [0.29, 0.717) is 28.1 Å². The molecule has 0 fully saturated rings. The highest BCUT2D eigenvalue weighted by Crippen LogP contribution is 2.37. The fraction of sp³-hybridized carbons (Fsp3) is 0.190. The number of alkyl halides is 2. The third-order valence-corrected chi connectivity index (χ3v) is 5.62. The van der Waals surface area contributed by atoms with Crippen molar-refractivity contribution in [3.05, 3.63) is 71.7 Å². The van der Waals surface area contributed by atoms with Gasteiger partial charge in [0.2, 0.25) is 0 Å². The lowest BCUT2D eigenvalue weighted by Crippen LogP contribution is -2.40. The van der Waals surface area contributed by atoms with Crippen molar-refractivity contribution in [2.24, 2.45) is 0 Å². The number of aromatic amines is 1. The van der Waals surface area contributed by atoms with Gasteiger partial charge in [-0.05, 0) is 24.3 Å². The van der Waals surface area contributed by atoms with Crippen LogP contribution in [0.5, 0.6) is 0 Å². The predicted molar refractivity (Wildman–Crippen MR) is 108 cm³/mol. The Morgan fingerprint density at radius 3 is 2.88 bits per heavy atom.